The molecule has 6 rings (SSSR count). The summed E-state index contributed by atoms with van der Waals surface area (Å²) >= 11 is 1.53. The van der Waals surface area contributed by atoms with Crippen LogP contribution in [0.4, 0.5) is 5.82 Å². The van der Waals surface area contributed by atoms with Crippen molar-refractivity contribution in [1.29, 1.82) is 0 Å². The molecule has 0 radical (unpaired) electrons. The number of aromatic nitrogens is 2. The number of nitrogens with zero attached hydrogens (tertiary/aromatic N) is 3. The van der Waals surface area contributed by atoms with Crippen molar-refractivity contribution >= 4 is 29.4 Å². The van der Waals surface area contributed by atoms with Gasteiger partial charge in [-0.05, 0) is 42.7 Å². The highest BCUT2D eigenvalue weighted by molar-refractivity contribution is 8.00. The molecule has 8 nitrogen and oxygen atoms in total. The number of fused-ring (bicyclic) bond motifs is 2. The third-order valence-corrected chi connectivity index (χ3v) is 8.38. The van der Waals surface area contributed by atoms with Gasteiger partial charge in [0.1, 0.15) is 12.4 Å². The van der Waals surface area contributed by atoms with Crippen LogP contribution in [0.3, 0.4) is 0 Å². The van der Waals surface area contributed by atoms with Crippen LogP contribution < -0.4 is 19.7 Å². The molecule has 0 saturated carbocycles. The molecule has 0 spiro atoms. The lowest BCUT2D eigenvalue weighted by molar-refractivity contribution is -0.123. The van der Waals surface area contributed by atoms with Crippen molar-refractivity contribution in [3.8, 4) is 28.4 Å². The molecule has 1 atom stereocenters. The fourth-order valence-corrected chi connectivity index (χ4v) is 6.24. The van der Waals surface area contributed by atoms with Gasteiger partial charge < -0.3 is 14.8 Å². The molecule has 210 valence electrons. The van der Waals surface area contributed by atoms with E-state index in [1.54, 1.807) is 4.90 Å². The minimum absolute atomic E-state index is 0.0985. The SMILES string of the molecule is Cc1ccc(-n2nc(-c3ccccc3)c3c2N(CC(=O)NCC(C)C)C(=O)CSC3c2ccc3c(c2)OCO3)cc1. The van der Waals surface area contributed by atoms with Crippen LogP contribution in [0, 0.1) is 12.8 Å². The minimum Gasteiger partial charge on any atom is -0.454 e. The molecule has 0 aliphatic carbocycles. The van der Waals surface area contributed by atoms with Gasteiger partial charge in [-0.2, -0.15) is 5.10 Å². The Balaban J connectivity index is 1.57. The lowest BCUT2D eigenvalue weighted by atomic mass is 9.99. The van der Waals surface area contributed by atoms with Crippen LogP contribution in [0.2, 0.25) is 0 Å². The molecule has 41 heavy (non-hydrogen) atoms. The third kappa shape index (κ3) is 5.41. The number of carbonyl (C=O) groups excluding carboxylic acids is 2. The monoisotopic (exact) mass is 568 g/mol. The average molecular weight is 569 g/mol. The predicted molar refractivity (Wildman–Crippen MR) is 161 cm³/mol. The fourth-order valence-electron chi connectivity index (χ4n) is 5.05. The van der Waals surface area contributed by atoms with E-state index < -0.39 is 0 Å². The van der Waals surface area contributed by atoms with Crippen LogP contribution in [0.25, 0.3) is 16.9 Å². The quantitative estimate of drug-likeness (QED) is 0.316. The van der Waals surface area contributed by atoms with E-state index in [0.29, 0.717) is 29.8 Å². The minimum atomic E-state index is -0.249. The second kappa shape index (κ2) is 11.3. The Labute approximate surface area is 243 Å². The van der Waals surface area contributed by atoms with E-state index in [1.807, 2.05) is 98.2 Å². The number of ether oxygens (including phenoxy) is 2. The molecule has 9 heteroatoms. The van der Waals surface area contributed by atoms with E-state index in [-0.39, 0.29) is 36.2 Å². The maximum absolute atomic E-state index is 13.8. The molecule has 0 fully saturated rings. The lowest BCUT2D eigenvalue weighted by Crippen LogP contribution is -2.43. The number of anilines is 1. The maximum Gasteiger partial charge on any atom is 0.240 e. The van der Waals surface area contributed by atoms with Gasteiger partial charge in [0.05, 0.1) is 22.4 Å². The molecule has 2 aliphatic heterocycles. The van der Waals surface area contributed by atoms with Gasteiger partial charge >= 0.3 is 0 Å². The molecule has 3 aromatic carbocycles. The number of rotatable bonds is 7. The smallest absolute Gasteiger partial charge is 0.240 e. The van der Waals surface area contributed by atoms with E-state index >= 15 is 0 Å². The molecular weight excluding hydrogens is 536 g/mol. The summed E-state index contributed by atoms with van der Waals surface area (Å²) in [5, 5.41) is 7.87. The van der Waals surface area contributed by atoms with Gasteiger partial charge in [0, 0.05) is 17.7 Å². The summed E-state index contributed by atoms with van der Waals surface area (Å²) in [6.07, 6.45) is 0. The molecule has 1 aromatic heterocycles. The molecule has 2 amide bonds. The third-order valence-electron chi connectivity index (χ3n) is 7.12. The standard InChI is InChI=1S/C32H32N4O4S/c1-20(2)16-33-27(37)17-35-28(38)18-41-31(23-11-14-25-26(15-23)40-19-39-25)29-30(22-7-5-4-6-8-22)34-36(32(29)35)24-12-9-21(3)10-13-24/h4-15,20,31H,16-19H2,1-3H3,(H,33,37). The summed E-state index contributed by atoms with van der Waals surface area (Å²) < 4.78 is 13.1. The van der Waals surface area contributed by atoms with Crippen LogP contribution in [-0.2, 0) is 9.59 Å². The molecule has 1 unspecified atom stereocenters. The molecule has 2 aliphatic rings. The first-order valence-corrected chi connectivity index (χ1v) is 14.8. The van der Waals surface area contributed by atoms with Crippen LogP contribution in [0.1, 0.15) is 35.8 Å². The Kier molecular flexibility index (Phi) is 7.45. The molecule has 1 N–H and O–H groups in total. The second-order valence-electron chi connectivity index (χ2n) is 10.7. The van der Waals surface area contributed by atoms with Gasteiger partial charge in [-0.25, -0.2) is 4.68 Å². The summed E-state index contributed by atoms with van der Waals surface area (Å²) in [7, 11) is 0. The summed E-state index contributed by atoms with van der Waals surface area (Å²) in [5.41, 5.74) is 5.47. The van der Waals surface area contributed by atoms with Gasteiger partial charge in [0.2, 0.25) is 18.6 Å². The van der Waals surface area contributed by atoms with Crippen molar-refractivity contribution in [3.63, 3.8) is 0 Å². The molecule has 3 heterocycles. The average Bonchev–Trinajstić information content (AvgIpc) is 3.57. The van der Waals surface area contributed by atoms with Crippen molar-refractivity contribution in [2.45, 2.75) is 26.0 Å². The second-order valence-corrected chi connectivity index (χ2v) is 11.8. The van der Waals surface area contributed by atoms with Crippen molar-refractivity contribution < 1.29 is 19.1 Å². The van der Waals surface area contributed by atoms with Gasteiger partial charge in [-0.3, -0.25) is 14.5 Å². The van der Waals surface area contributed by atoms with E-state index in [0.717, 1.165) is 33.6 Å². The number of hydrogen-bond donors (Lipinski definition) is 1. The summed E-state index contributed by atoms with van der Waals surface area (Å²) in [6.45, 7) is 6.74. The topological polar surface area (TPSA) is 85.7 Å². The number of benzene rings is 3. The van der Waals surface area contributed by atoms with Gasteiger partial charge in [0.25, 0.3) is 0 Å². The number of nitrogens with one attached hydrogen (secondary N) is 1. The number of aryl methyl sites for hydroxylation is 1. The Morgan fingerprint density at radius 1 is 1.05 bits per heavy atom. The number of carbonyl (C=O) groups is 2. The van der Waals surface area contributed by atoms with Crippen molar-refractivity contribution in [2.24, 2.45) is 5.92 Å². The van der Waals surface area contributed by atoms with Crippen molar-refractivity contribution in [2.75, 3.05) is 30.5 Å². The zero-order chi connectivity index (χ0) is 28.5. The maximum atomic E-state index is 13.8. The van der Waals surface area contributed by atoms with Gasteiger partial charge in [-0.15, -0.1) is 11.8 Å². The Morgan fingerprint density at radius 3 is 2.56 bits per heavy atom. The highest BCUT2D eigenvalue weighted by atomic mass is 32.2. The molecule has 0 saturated heterocycles. The van der Waals surface area contributed by atoms with E-state index in [9.17, 15) is 9.59 Å². The summed E-state index contributed by atoms with van der Waals surface area (Å²) in [4.78, 5) is 28.6. The number of amides is 2. The first-order chi connectivity index (χ1) is 19.9. The summed E-state index contributed by atoms with van der Waals surface area (Å²) in [5.74, 6) is 2.12. The van der Waals surface area contributed by atoms with E-state index in [2.05, 4.69) is 5.32 Å². The van der Waals surface area contributed by atoms with E-state index in [4.69, 9.17) is 14.6 Å². The first kappa shape index (κ1) is 27.0. The fraction of sp³-hybridized carbons (Fsp3) is 0.281. The molecular formula is C32H32N4O4S. The highest BCUT2D eigenvalue weighted by Crippen LogP contribution is 2.50. The van der Waals surface area contributed by atoms with Crippen molar-refractivity contribution in [3.05, 3.63) is 89.5 Å². The number of hydrogen-bond acceptors (Lipinski definition) is 6. The Morgan fingerprint density at radius 2 is 1.80 bits per heavy atom. The van der Waals surface area contributed by atoms with Crippen LogP contribution >= 0.6 is 11.8 Å². The van der Waals surface area contributed by atoms with Crippen LogP contribution in [-0.4, -0.2) is 47.2 Å². The zero-order valence-corrected chi connectivity index (χ0v) is 24.1. The Hall–Kier alpha value is -4.24. The van der Waals surface area contributed by atoms with Crippen LogP contribution in [0.15, 0.2) is 72.8 Å². The van der Waals surface area contributed by atoms with Crippen molar-refractivity contribution in [1.82, 2.24) is 15.1 Å². The number of thioether (sulfide) groups is 1. The van der Waals surface area contributed by atoms with Gasteiger partial charge in [-0.1, -0.05) is 67.9 Å². The Bertz CT molecular complexity index is 1580. The normalized spacial score (nSPS) is 16.0. The zero-order valence-electron chi connectivity index (χ0n) is 23.3. The predicted octanol–water partition coefficient (Wildman–Crippen LogP) is 5.52. The highest BCUT2D eigenvalue weighted by Gasteiger charge is 2.38. The largest absolute Gasteiger partial charge is 0.454 e. The van der Waals surface area contributed by atoms with E-state index in [1.165, 1.54) is 11.8 Å². The lowest BCUT2D eigenvalue weighted by Gasteiger charge is -2.23. The summed E-state index contributed by atoms with van der Waals surface area (Å²) in [6, 6.07) is 23.9. The first-order valence-electron chi connectivity index (χ1n) is 13.7. The van der Waals surface area contributed by atoms with Crippen LogP contribution in [0.5, 0.6) is 11.5 Å². The molecule has 0 bridgehead atoms. The van der Waals surface area contributed by atoms with Gasteiger partial charge in [0.15, 0.2) is 11.5 Å². The molecule has 4 aromatic rings.